The van der Waals surface area contributed by atoms with Gasteiger partial charge in [-0.05, 0) is 18.9 Å². The topological polar surface area (TPSA) is 60.4 Å². The minimum Gasteiger partial charge on any atom is -0.468 e. The maximum atomic E-state index is 11.8. The van der Waals surface area contributed by atoms with Crippen molar-refractivity contribution in [3.8, 4) is 0 Å². The van der Waals surface area contributed by atoms with Gasteiger partial charge < -0.3 is 4.74 Å². The second-order valence-electron chi connectivity index (χ2n) is 4.46. The third-order valence-electron chi connectivity index (χ3n) is 2.87. The lowest BCUT2D eigenvalue weighted by Crippen LogP contribution is -2.31. The van der Waals surface area contributed by atoms with Crippen molar-refractivity contribution in [3.05, 3.63) is 24.3 Å². The number of methoxy groups -OCH3 is 1. The van der Waals surface area contributed by atoms with Gasteiger partial charge in [-0.3, -0.25) is 14.4 Å². The monoisotopic (exact) mass is 280 g/mol. The molecule has 0 rings (SSSR count). The minimum atomic E-state index is -1.32. The molecule has 0 amide bonds. The van der Waals surface area contributed by atoms with Gasteiger partial charge in [-0.15, -0.1) is 0 Å². The third-order valence-corrected chi connectivity index (χ3v) is 2.87. The first-order valence-corrected chi connectivity index (χ1v) is 7.06. The molecule has 0 saturated carbocycles. The first-order chi connectivity index (χ1) is 9.58. The molecule has 0 spiro atoms. The van der Waals surface area contributed by atoms with Crippen LogP contribution in [0.4, 0.5) is 0 Å². The molecule has 0 heterocycles. The number of rotatable bonds is 10. The Morgan fingerprint density at radius 1 is 1.10 bits per heavy atom. The van der Waals surface area contributed by atoms with E-state index < -0.39 is 23.5 Å². The van der Waals surface area contributed by atoms with Crippen LogP contribution in [0.2, 0.25) is 0 Å². The highest BCUT2D eigenvalue weighted by Gasteiger charge is 2.31. The molecule has 1 atom stereocenters. The number of carbonyl (C=O) groups is 3. The van der Waals surface area contributed by atoms with Crippen molar-refractivity contribution < 1.29 is 19.1 Å². The molecular formula is C16H24O4. The van der Waals surface area contributed by atoms with Gasteiger partial charge in [0.15, 0.2) is 17.5 Å². The molecule has 0 aliphatic rings. The normalized spacial score (nSPS) is 12.8. The summed E-state index contributed by atoms with van der Waals surface area (Å²) >= 11 is 0. The highest BCUT2D eigenvalue weighted by molar-refractivity contribution is 6.20. The fourth-order valence-electron chi connectivity index (χ4n) is 1.66. The number of carbonyl (C=O) groups excluding carboxylic acids is 3. The standard InChI is InChI=1S/C16H24O4/c1-4-6-7-8-9-10-11-12-14(18)15(13(17)5-2)16(19)20-3/h9-12,15H,4-8H2,1-3H3/b10-9+,12-11+. The summed E-state index contributed by atoms with van der Waals surface area (Å²) in [6.07, 6.45) is 11.1. The summed E-state index contributed by atoms with van der Waals surface area (Å²) in [5, 5.41) is 0. The van der Waals surface area contributed by atoms with Crippen LogP contribution < -0.4 is 0 Å². The van der Waals surface area contributed by atoms with Gasteiger partial charge in [-0.2, -0.15) is 0 Å². The average molecular weight is 280 g/mol. The molecule has 0 saturated heterocycles. The molecule has 0 aliphatic heterocycles. The predicted octanol–water partition coefficient (Wildman–Crippen LogP) is 3.02. The van der Waals surface area contributed by atoms with Gasteiger partial charge in [-0.25, -0.2) is 0 Å². The summed E-state index contributed by atoms with van der Waals surface area (Å²) in [5.74, 6) is -3.06. The van der Waals surface area contributed by atoms with Gasteiger partial charge in [0.25, 0.3) is 0 Å². The van der Waals surface area contributed by atoms with E-state index in [0.717, 1.165) is 12.8 Å². The number of ketones is 2. The highest BCUT2D eigenvalue weighted by Crippen LogP contribution is 2.07. The summed E-state index contributed by atoms with van der Waals surface area (Å²) in [4.78, 5) is 34.9. The number of Topliss-reactive ketones (excluding diaryl/α,β-unsaturated/α-hetero) is 1. The summed E-state index contributed by atoms with van der Waals surface area (Å²) in [7, 11) is 1.17. The van der Waals surface area contributed by atoms with Crippen LogP contribution in [0.25, 0.3) is 0 Å². The molecule has 4 heteroatoms. The van der Waals surface area contributed by atoms with E-state index >= 15 is 0 Å². The van der Waals surface area contributed by atoms with Crippen molar-refractivity contribution in [2.24, 2.45) is 5.92 Å². The first-order valence-electron chi connectivity index (χ1n) is 7.06. The second kappa shape index (κ2) is 11.1. The lowest BCUT2D eigenvalue weighted by atomic mass is 9.97. The number of hydrogen-bond donors (Lipinski definition) is 0. The molecular weight excluding hydrogens is 256 g/mol. The third kappa shape index (κ3) is 7.02. The van der Waals surface area contributed by atoms with Crippen LogP contribution in [0.3, 0.4) is 0 Å². The van der Waals surface area contributed by atoms with Crippen molar-refractivity contribution in [1.82, 2.24) is 0 Å². The second-order valence-corrected chi connectivity index (χ2v) is 4.46. The summed E-state index contributed by atoms with van der Waals surface area (Å²) in [5.41, 5.74) is 0. The van der Waals surface area contributed by atoms with Crippen molar-refractivity contribution in [1.29, 1.82) is 0 Å². The van der Waals surface area contributed by atoms with Crippen molar-refractivity contribution >= 4 is 17.5 Å². The molecule has 1 unspecified atom stereocenters. The predicted molar refractivity (Wildman–Crippen MR) is 78.2 cm³/mol. The summed E-state index contributed by atoms with van der Waals surface area (Å²) < 4.78 is 4.50. The largest absolute Gasteiger partial charge is 0.468 e. The van der Waals surface area contributed by atoms with Crippen LogP contribution in [-0.4, -0.2) is 24.6 Å². The molecule has 0 aromatic carbocycles. The smallest absolute Gasteiger partial charge is 0.324 e. The molecule has 0 aromatic heterocycles. The van der Waals surface area contributed by atoms with Crippen molar-refractivity contribution in [2.75, 3.05) is 7.11 Å². The fraction of sp³-hybridized carbons (Fsp3) is 0.562. The van der Waals surface area contributed by atoms with Gasteiger partial charge >= 0.3 is 5.97 Å². The van der Waals surface area contributed by atoms with Gasteiger partial charge in [0.05, 0.1) is 7.11 Å². The van der Waals surface area contributed by atoms with E-state index in [-0.39, 0.29) is 6.42 Å². The molecule has 0 bridgehead atoms. The van der Waals surface area contributed by atoms with E-state index in [1.54, 1.807) is 19.1 Å². The Kier molecular flexibility index (Phi) is 10.2. The molecule has 0 aliphatic carbocycles. The maximum Gasteiger partial charge on any atom is 0.324 e. The fourth-order valence-corrected chi connectivity index (χ4v) is 1.66. The van der Waals surface area contributed by atoms with Gasteiger partial charge in [0.2, 0.25) is 0 Å². The molecule has 4 nitrogen and oxygen atoms in total. The Bertz CT molecular complexity index is 364. The number of unbranched alkanes of at least 4 members (excludes halogenated alkanes) is 3. The lowest BCUT2D eigenvalue weighted by Gasteiger charge is -2.08. The van der Waals surface area contributed by atoms with Crippen LogP contribution in [0.15, 0.2) is 24.3 Å². The van der Waals surface area contributed by atoms with E-state index in [2.05, 4.69) is 11.7 Å². The minimum absolute atomic E-state index is 0.131. The van der Waals surface area contributed by atoms with Gasteiger partial charge in [0.1, 0.15) is 0 Å². The van der Waals surface area contributed by atoms with Crippen LogP contribution >= 0.6 is 0 Å². The number of allylic oxidation sites excluding steroid dienone is 4. The molecule has 0 radical (unpaired) electrons. The molecule has 0 fully saturated rings. The average Bonchev–Trinajstić information content (AvgIpc) is 2.45. The van der Waals surface area contributed by atoms with Crippen LogP contribution in [0.5, 0.6) is 0 Å². The molecule has 0 N–H and O–H groups in total. The SMILES string of the molecule is CCCCC/C=C/C=C/C(=O)C(C(=O)CC)C(=O)OC. The summed E-state index contributed by atoms with van der Waals surface area (Å²) in [6, 6.07) is 0. The van der Waals surface area contributed by atoms with Crippen LogP contribution in [-0.2, 0) is 19.1 Å². The Hall–Kier alpha value is -1.71. The summed E-state index contributed by atoms with van der Waals surface area (Å²) in [6.45, 7) is 3.75. The Morgan fingerprint density at radius 3 is 2.35 bits per heavy atom. The number of hydrogen-bond acceptors (Lipinski definition) is 4. The van der Waals surface area contributed by atoms with E-state index in [1.165, 1.54) is 26.0 Å². The van der Waals surface area contributed by atoms with Gasteiger partial charge in [-0.1, -0.05) is 44.9 Å². The van der Waals surface area contributed by atoms with Crippen LogP contribution in [0.1, 0.15) is 46.0 Å². The first kappa shape index (κ1) is 18.3. The van der Waals surface area contributed by atoms with Gasteiger partial charge in [0, 0.05) is 6.42 Å². The zero-order valence-electron chi connectivity index (χ0n) is 12.6. The lowest BCUT2D eigenvalue weighted by molar-refractivity contribution is -0.151. The maximum absolute atomic E-state index is 11.8. The van der Waals surface area contributed by atoms with E-state index in [0.29, 0.717) is 0 Å². The quantitative estimate of drug-likeness (QED) is 0.203. The zero-order valence-corrected chi connectivity index (χ0v) is 12.6. The Balaban J connectivity index is 4.46. The number of ether oxygens (including phenoxy) is 1. The van der Waals surface area contributed by atoms with Crippen molar-refractivity contribution in [3.63, 3.8) is 0 Å². The molecule has 20 heavy (non-hydrogen) atoms. The number of esters is 1. The Labute approximate surface area is 120 Å². The Morgan fingerprint density at radius 2 is 1.80 bits per heavy atom. The van der Waals surface area contributed by atoms with E-state index in [9.17, 15) is 14.4 Å². The zero-order chi connectivity index (χ0) is 15.4. The van der Waals surface area contributed by atoms with E-state index in [4.69, 9.17) is 0 Å². The van der Waals surface area contributed by atoms with E-state index in [1.807, 2.05) is 6.08 Å². The highest BCUT2D eigenvalue weighted by atomic mass is 16.5. The molecule has 0 aromatic rings. The molecule has 112 valence electrons. The van der Waals surface area contributed by atoms with Crippen molar-refractivity contribution in [2.45, 2.75) is 46.0 Å². The van der Waals surface area contributed by atoms with Crippen LogP contribution in [0, 0.1) is 5.92 Å².